The second kappa shape index (κ2) is 6.80. The third-order valence-corrected chi connectivity index (χ3v) is 4.83. The Morgan fingerprint density at radius 1 is 1.17 bits per heavy atom. The Kier molecular flexibility index (Phi) is 4.74. The van der Waals surface area contributed by atoms with E-state index in [9.17, 15) is 4.79 Å². The zero-order chi connectivity index (χ0) is 17.3. The van der Waals surface area contributed by atoms with Crippen LogP contribution in [-0.4, -0.2) is 0 Å². The second-order valence-corrected chi connectivity index (χ2v) is 6.51. The molecule has 0 spiro atoms. The van der Waals surface area contributed by atoms with Gasteiger partial charge in [-0.15, -0.1) is 0 Å². The zero-order valence-corrected chi connectivity index (χ0v) is 14.8. The van der Waals surface area contributed by atoms with Gasteiger partial charge in [0.05, 0.1) is 0 Å². The Bertz CT molecular complexity index is 946. The molecule has 124 valence electrons. The Labute approximate surface area is 146 Å². The van der Waals surface area contributed by atoms with Crippen LogP contribution >= 0.6 is 11.6 Å². The average Bonchev–Trinajstić information content (AvgIpc) is 2.56. The van der Waals surface area contributed by atoms with Crippen LogP contribution in [0.3, 0.4) is 0 Å². The van der Waals surface area contributed by atoms with Crippen molar-refractivity contribution in [1.82, 2.24) is 5.32 Å². The molecule has 0 aliphatic heterocycles. The fraction of sp³-hybridized carbons (Fsp3) is 0.250. The lowest BCUT2D eigenvalue weighted by Crippen LogP contribution is -2.19. The van der Waals surface area contributed by atoms with Gasteiger partial charge in [-0.25, -0.2) is 4.79 Å². The van der Waals surface area contributed by atoms with Gasteiger partial charge in [0.1, 0.15) is 5.58 Å². The number of hydrogen-bond donors (Lipinski definition) is 1. The lowest BCUT2D eigenvalue weighted by molar-refractivity contribution is 0.545. The molecule has 3 rings (SSSR count). The lowest BCUT2D eigenvalue weighted by atomic mass is 10.0. The highest BCUT2D eigenvalue weighted by Crippen LogP contribution is 2.25. The van der Waals surface area contributed by atoms with E-state index in [1.807, 2.05) is 44.2 Å². The Morgan fingerprint density at radius 3 is 2.67 bits per heavy atom. The summed E-state index contributed by atoms with van der Waals surface area (Å²) in [5.41, 5.74) is 4.44. The molecule has 0 aliphatic carbocycles. The molecule has 3 aromatic rings. The highest BCUT2D eigenvalue weighted by Gasteiger charge is 2.12. The van der Waals surface area contributed by atoms with Crippen molar-refractivity contribution >= 4 is 22.6 Å². The maximum absolute atomic E-state index is 11.9. The largest absolute Gasteiger partial charge is 0.422 e. The minimum atomic E-state index is -0.321. The summed E-state index contributed by atoms with van der Waals surface area (Å²) in [5.74, 6) is 0. The number of rotatable bonds is 4. The fourth-order valence-electron chi connectivity index (χ4n) is 2.87. The number of aryl methyl sites for hydroxylation is 2. The number of nitrogens with one attached hydrogen (secondary N) is 1. The Morgan fingerprint density at radius 2 is 1.92 bits per heavy atom. The molecule has 0 bridgehead atoms. The van der Waals surface area contributed by atoms with Crippen molar-refractivity contribution in [2.75, 3.05) is 0 Å². The molecule has 0 amide bonds. The summed E-state index contributed by atoms with van der Waals surface area (Å²) in [6.45, 7) is 6.62. The first kappa shape index (κ1) is 16.7. The molecule has 2 aromatic carbocycles. The van der Waals surface area contributed by atoms with Crippen molar-refractivity contribution in [3.8, 4) is 0 Å². The topological polar surface area (TPSA) is 42.2 Å². The summed E-state index contributed by atoms with van der Waals surface area (Å²) in [6, 6.07) is 13.5. The van der Waals surface area contributed by atoms with Crippen LogP contribution in [0.5, 0.6) is 0 Å². The standard InChI is InChI=1S/C20H20ClNO2/c1-12-8-9-17-15(10-19(23)24-20(17)13(12)2)11-22-14(3)16-6-4-5-7-18(16)21/h4-10,14,22H,11H2,1-3H3/t14-/m0/s1. The summed E-state index contributed by atoms with van der Waals surface area (Å²) in [7, 11) is 0. The minimum Gasteiger partial charge on any atom is -0.422 e. The van der Waals surface area contributed by atoms with E-state index in [2.05, 4.69) is 18.3 Å². The van der Waals surface area contributed by atoms with Gasteiger partial charge in [0.15, 0.2) is 0 Å². The summed E-state index contributed by atoms with van der Waals surface area (Å²) >= 11 is 6.25. The Hall–Kier alpha value is -2.10. The summed E-state index contributed by atoms with van der Waals surface area (Å²) in [4.78, 5) is 11.9. The van der Waals surface area contributed by atoms with E-state index in [1.165, 1.54) is 0 Å². The van der Waals surface area contributed by atoms with Crippen LogP contribution in [0.4, 0.5) is 0 Å². The van der Waals surface area contributed by atoms with Gasteiger partial charge in [-0.1, -0.05) is 41.9 Å². The van der Waals surface area contributed by atoms with Crippen LogP contribution < -0.4 is 10.9 Å². The van der Waals surface area contributed by atoms with Gasteiger partial charge in [-0.2, -0.15) is 0 Å². The summed E-state index contributed by atoms with van der Waals surface area (Å²) in [6.07, 6.45) is 0. The van der Waals surface area contributed by atoms with Gasteiger partial charge >= 0.3 is 5.63 Å². The fourth-order valence-corrected chi connectivity index (χ4v) is 3.17. The van der Waals surface area contributed by atoms with Crippen LogP contribution in [-0.2, 0) is 6.54 Å². The maximum Gasteiger partial charge on any atom is 0.336 e. The summed E-state index contributed by atoms with van der Waals surface area (Å²) in [5, 5.41) is 5.15. The van der Waals surface area contributed by atoms with E-state index >= 15 is 0 Å². The predicted molar refractivity (Wildman–Crippen MR) is 98.7 cm³/mol. The van der Waals surface area contributed by atoms with Crippen molar-refractivity contribution in [3.05, 3.63) is 80.2 Å². The molecular weight excluding hydrogens is 322 g/mol. The van der Waals surface area contributed by atoms with Crippen molar-refractivity contribution < 1.29 is 4.42 Å². The molecule has 3 nitrogen and oxygen atoms in total. The van der Waals surface area contributed by atoms with Gasteiger partial charge in [0.25, 0.3) is 0 Å². The molecule has 1 N–H and O–H groups in total. The van der Waals surface area contributed by atoms with Crippen LogP contribution in [0.2, 0.25) is 5.02 Å². The monoisotopic (exact) mass is 341 g/mol. The molecule has 0 saturated heterocycles. The molecule has 1 atom stereocenters. The average molecular weight is 342 g/mol. The third kappa shape index (κ3) is 3.23. The number of fused-ring (bicyclic) bond motifs is 1. The van der Waals surface area contributed by atoms with Gasteiger partial charge in [-0.05, 0) is 49.1 Å². The molecule has 4 heteroatoms. The van der Waals surface area contributed by atoms with Crippen molar-refractivity contribution in [2.45, 2.75) is 33.4 Å². The molecule has 0 unspecified atom stereocenters. The highest BCUT2D eigenvalue weighted by atomic mass is 35.5. The molecule has 1 heterocycles. The number of hydrogen-bond acceptors (Lipinski definition) is 3. The van der Waals surface area contributed by atoms with Crippen molar-refractivity contribution in [3.63, 3.8) is 0 Å². The minimum absolute atomic E-state index is 0.0764. The summed E-state index contributed by atoms with van der Waals surface area (Å²) < 4.78 is 5.42. The van der Waals surface area contributed by atoms with E-state index < -0.39 is 0 Å². The van der Waals surface area contributed by atoms with Crippen LogP contribution in [0, 0.1) is 13.8 Å². The molecule has 0 radical (unpaired) electrons. The van der Waals surface area contributed by atoms with E-state index in [0.29, 0.717) is 12.1 Å². The zero-order valence-electron chi connectivity index (χ0n) is 14.0. The highest BCUT2D eigenvalue weighted by molar-refractivity contribution is 6.31. The van der Waals surface area contributed by atoms with Crippen LogP contribution in [0.25, 0.3) is 11.0 Å². The molecule has 0 aliphatic rings. The molecular formula is C20H20ClNO2. The van der Waals surface area contributed by atoms with E-state index in [-0.39, 0.29) is 11.7 Å². The first-order valence-electron chi connectivity index (χ1n) is 7.98. The first-order chi connectivity index (χ1) is 11.5. The first-order valence-corrected chi connectivity index (χ1v) is 8.36. The van der Waals surface area contributed by atoms with E-state index in [1.54, 1.807) is 6.07 Å². The second-order valence-electron chi connectivity index (χ2n) is 6.10. The van der Waals surface area contributed by atoms with Gasteiger partial charge < -0.3 is 9.73 Å². The normalized spacial score (nSPS) is 12.5. The lowest BCUT2D eigenvalue weighted by Gasteiger charge is -2.16. The molecule has 1 aromatic heterocycles. The maximum atomic E-state index is 11.9. The van der Waals surface area contributed by atoms with Crippen molar-refractivity contribution in [1.29, 1.82) is 0 Å². The molecule has 24 heavy (non-hydrogen) atoms. The quantitative estimate of drug-likeness (QED) is 0.685. The number of halogens is 1. The van der Waals surface area contributed by atoms with Gasteiger partial charge in [-0.3, -0.25) is 0 Å². The van der Waals surface area contributed by atoms with Crippen LogP contribution in [0.1, 0.15) is 35.2 Å². The van der Waals surface area contributed by atoms with E-state index in [4.69, 9.17) is 16.0 Å². The Balaban J connectivity index is 1.92. The third-order valence-electron chi connectivity index (χ3n) is 4.49. The van der Waals surface area contributed by atoms with Crippen LogP contribution in [0.15, 0.2) is 51.7 Å². The number of benzene rings is 2. The predicted octanol–water partition coefficient (Wildman–Crippen LogP) is 4.91. The van der Waals surface area contributed by atoms with Gasteiger partial charge in [0, 0.05) is 29.1 Å². The van der Waals surface area contributed by atoms with Crippen molar-refractivity contribution in [2.24, 2.45) is 0 Å². The SMILES string of the molecule is Cc1ccc2c(CN[C@@H](C)c3ccccc3Cl)cc(=O)oc2c1C. The smallest absolute Gasteiger partial charge is 0.336 e. The van der Waals surface area contributed by atoms with Gasteiger partial charge in [0.2, 0.25) is 0 Å². The van der Waals surface area contributed by atoms with E-state index in [0.717, 1.165) is 32.7 Å². The molecule has 0 fully saturated rings. The molecule has 0 saturated carbocycles.